The number of hydrogen-bond acceptors (Lipinski definition) is 3. The lowest BCUT2D eigenvalue weighted by Crippen LogP contribution is -2.38. The molecule has 2 fully saturated rings. The highest BCUT2D eigenvalue weighted by molar-refractivity contribution is 5.93. The second-order valence-corrected chi connectivity index (χ2v) is 6.42. The zero-order valence-corrected chi connectivity index (χ0v) is 12.9. The van der Waals surface area contributed by atoms with Gasteiger partial charge >= 0.3 is 0 Å². The zero-order chi connectivity index (χ0) is 14.7. The van der Waals surface area contributed by atoms with Crippen LogP contribution in [0.2, 0.25) is 0 Å². The quantitative estimate of drug-likeness (QED) is 0.839. The lowest BCUT2D eigenvalue weighted by Gasteiger charge is -2.31. The van der Waals surface area contributed by atoms with Gasteiger partial charge in [-0.2, -0.15) is 0 Å². The SMILES string of the molecule is CC1CCN(C(=O)c2cc(N3CCCCC3)ccn2)CC1. The molecule has 2 aliphatic heterocycles. The summed E-state index contributed by atoms with van der Waals surface area (Å²) in [6.07, 6.45) is 7.81. The molecule has 0 bridgehead atoms. The van der Waals surface area contributed by atoms with Gasteiger partial charge in [-0.3, -0.25) is 9.78 Å². The third-order valence-electron chi connectivity index (χ3n) is 4.75. The molecule has 0 spiro atoms. The van der Waals surface area contributed by atoms with Crippen molar-refractivity contribution >= 4 is 11.6 Å². The third kappa shape index (κ3) is 3.36. The molecule has 3 heterocycles. The van der Waals surface area contributed by atoms with E-state index >= 15 is 0 Å². The fourth-order valence-corrected chi connectivity index (χ4v) is 3.26. The van der Waals surface area contributed by atoms with Gasteiger partial charge in [-0.1, -0.05) is 6.92 Å². The maximum Gasteiger partial charge on any atom is 0.272 e. The van der Waals surface area contributed by atoms with Crippen LogP contribution < -0.4 is 4.90 Å². The Bertz CT molecular complexity index is 489. The van der Waals surface area contributed by atoms with Gasteiger partial charge in [0.15, 0.2) is 0 Å². The Morgan fingerprint density at radius 3 is 2.57 bits per heavy atom. The van der Waals surface area contributed by atoms with Crippen LogP contribution in [0.25, 0.3) is 0 Å². The molecule has 1 aromatic heterocycles. The van der Waals surface area contributed by atoms with Crippen LogP contribution in [-0.4, -0.2) is 42.0 Å². The van der Waals surface area contributed by atoms with E-state index in [0.717, 1.165) is 50.6 Å². The Kier molecular flexibility index (Phi) is 4.42. The zero-order valence-electron chi connectivity index (χ0n) is 12.9. The van der Waals surface area contributed by atoms with Gasteiger partial charge in [-0.25, -0.2) is 0 Å². The molecule has 0 atom stereocenters. The summed E-state index contributed by atoms with van der Waals surface area (Å²) in [6.45, 7) is 6.19. The lowest BCUT2D eigenvalue weighted by atomic mass is 9.99. The van der Waals surface area contributed by atoms with Crippen molar-refractivity contribution in [2.45, 2.75) is 39.0 Å². The number of carbonyl (C=O) groups excluding carboxylic acids is 1. The van der Waals surface area contributed by atoms with Gasteiger partial charge in [0, 0.05) is 38.1 Å². The molecular formula is C17H25N3O. The molecular weight excluding hydrogens is 262 g/mol. The van der Waals surface area contributed by atoms with Crippen LogP contribution in [0, 0.1) is 5.92 Å². The molecule has 0 saturated carbocycles. The number of carbonyl (C=O) groups is 1. The monoisotopic (exact) mass is 287 g/mol. The maximum absolute atomic E-state index is 12.6. The topological polar surface area (TPSA) is 36.4 Å². The van der Waals surface area contributed by atoms with Gasteiger partial charge in [0.1, 0.15) is 5.69 Å². The van der Waals surface area contributed by atoms with Crippen molar-refractivity contribution in [1.29, 1.82) is 0 Å². The van der Waals surface area contributed by atoms with Gasteiger partial charge in [0.25, 0.3) is 5.91 Å². The number of rotatable bonds is 2. The molecule has 0 aliphatic carbocycles. The van der Waals surface area contributed by atoms with Gasteiger partial charge < -0.3 is 9.80 Å². The summed E-state index contributed by atoms with van der Waals surface area (Å²) in [6, 6.07) is 4.01. The van der Waals surface area contributed by atoms with E-state index in [9.17, 15) is 4.79 Å². The molecule has 2 aliphatic rings. The van der Waals surface area contributed by atoms with Crippen LogP contribution in [0.3, 0.4) is 0 Å². The van der Waals surface area contributed by atoms with E-state index in [4.69, 9.17) is 0 Å². The molecule has 4 heteroatoms. The third-order valence-corrected chi connectivity index (χ3v) is 4.75. The second kappa shape index (κ2) is 6.46. The second-order valence-electron chi connectivity index (χ2n) is 6.42. The van der Waals surface area contributed by atoms with Crippen LogP contribution in [0.5, 0.6) is 0 Å². The molecule has 0 radical (unpaired) electrons. The Balaban J connectivity index is 1.71. The Hall–Kier alpha value is -1.58. The molecule has 3 rings (SSSR count). The highest BCUT2D eigenvalue weighted by Crippen LogP contribution is 2.22. The van der Waals surface area contributed by atoms with E-state index in [1.54, 1.807) is 6.20 Å². The molecule has 0 N–H and O–H groups in total. The average molecular weight is 287 g/mol. The normalized spacial score (nSPS) is 20.6. The first-order chi connectivity index (χ1) is 10.2. The first-order valence-corrected chi connectivity index (χ1v) is 8.24. The molecule has 114 valence electrons. The first-order valence-electron chi connectivity index (χ1n) is 8.24. The van der Waals surface area contributed by atoms with Crippen molar-refractivity contribution in [3.05, 3.63) is 24.0 Å². The highest BCUT2D eigenvalue weighted by Gasteiger charge is 2.23. The largest absolute Gasteiger partial charge is 0.371 e. The molecule has 0 aromatic carbocycles. The van der Waals surface area contributed by atoms with E-state index in [1.165, 1.54) is 19.3 Å². The average Bonchev–Trinajstić information content (AvgIpc) is 2.56. The smallest absolute Gasteiger partial charge is 0.272 e. The molecule has 1 aromatic rings. The summed E-state index contributed by atoms with van der Waals surface area (Å²) >= 11 is 0. The van der Waals surface area contributed by atoms with Crippen LogP contribution in [-0.2, 0) is 0 Å². The Morgan fingerprint density at radius 2 is 1.86 bits per heavy atom. The van der Waals surface area contributed by atoms with Crippen LogP contribution in [0.15, 0.2) is 18.3 Å². The van der Waals surface area contributed by atoms with Crippen molar-refractivity contribution in [3.8, 4) is 0 Å². The van der Waals surface area contributed by atoms with Crippen LogP contribution >= 0.6 is 0 Å². The van der Waals surface area contributed by atoms with Gasteiger partial charge in [-0.05, 0) is 50.2 Å². The number of aromatic nitrogens is 1. The standard InChI is InChI=1S/C17H25N3O/c1-14-6-11-20(12-7-14)17(21)16-13-15(5-8-18-16)19-9-3-2-4-10-19/h5,8,13-14H,2-4,6-7,9-12H2,1H3. The number of nitrogens with zero attached hydrogens (tertiary/aromatic N) is 3. The van der Waals surface area contributed by atoms with Gasteiger partial charge in [-0.15, -0.1) is 0 Å². The minimum absolute atomic E-state index is 0.0979. The summed E-state index contributed by atoms with van der Waals surface area (Å²) in [5.41, 5.74) is 1.76. The lowest BCUT2D eigenvalue weighted by molar-refractivity contribution is 0.0691. The van der Waals surface area contributed by atoms with Crippen LogP contribution in [0.4, 0.5) is 5.69 Å². The fraction of sp³-hybridized carbons (Fsp3) is 0.647. The fourth-order valence-electron chi connectivity index (χ4n) is 3.26. The Morgan fingerprint density at radius 1 is 1.14 bits per heavy atom. The van der Waals surface area contributed by atoms with Gasteiger partial charge in [0.05, 0.1) is 0 Å². The predicted octanol–water partition coefficient (Wildman–Crippen LogP) is 2.94. The van der Waals surface area contributed by atoms with E-state index in [-0.39, 0.29) is 5.91 Å². The number of hydrogen-bond donors (Lipinski definition) is 0. The van der Waals surface area contributed by atoms with Crippen molar-refractivity contribution in [2.24, 2.45) is 5.92 Å². The summed E-state index contributed by atoms with van der Waals surface area (Å²) in [4.78, 5) is 21.2. The van der Waals surface area contributed by atoms with Crippen LogP contribution in [0.1, 0.15) is 49.5 Å². The minimum Gasteiger partial charge on any atom is -0.371 e. The van der Waals surface area contributed by atoms with Crippen molar-refractivity contribution in [3.63, 3.8) is 0 Å². The molecule has 0 unspecified atom stereocenters. The number of anilines is 1. The van der Waals surface area contributed by atoms with Crippen molar-refractivity contribution in [2.75, 3.05) is 31.1 Å². The van der Waals surface area contributed by atoms with E-state index in [1.807, 2.05) is 17.0 Å². The number of amides is 1. The summed E-state index contributed by atoms with van der Waals surface area (Å²) in [5.74, 6) is 0.836. The number of piperidine rings is 2. The van der Waals surface area contributed by atoms with E-state index < -0.39 is 0 Å². The van der Waals surface area contributed by atoms with Crippen molar-refractivity contribution < 1.29 is 4.79 Å². The molecule has 4 nitrogen and oxygen atoms in total. The maximum atomic E-state index is 12.6. The molecule has 21 heavy (non-hydrogen) atoms. The van der Waals surface area contributed by atoms with E-state index in [0.29, 0.717) is 5.69 Å². The Labute approximate surface area is 127 Å². The molecule has 1 amide bonds. The summed E-state index contributed by atoms with van der Waals surface area (Å²) in [7, 11) is 0. The number of likely N-dealkylation sites (tertiary alicyclic amines) is 1. The predicted molar refractivity (Wildman–Crippen MR) is 84.6 cm³/mol. The van der Waals surface area contributed by atoms with Crippen molar-refractivity contribution in [1.82, 2.24) is 9.88 Å². The minimum atomic E-state index is 0.0979. The summed E-state index contributed by atoms with van der Waals surface area (Å²) < 4.78 is 0. The molecule has 2 saturated heterocycles. The first kappa shape index (κ1) is 14.4. The van der Waals surface area contributed by atoms with E-state index in [2.05, 4.69) is 16.8 Å². The number of pyridine rings is 1. The highest BCUT2D eigenvalue weighted by atomic mass is 16.2. The summed E-state index contributed by atoms with van der Waals surface area (Å²) in [5, 5.41) is 0. The van der Waals surface area contributed by atoms with Gasteiger partial charge in [0.2, 0.25) is 0 Å².